The van der Waals surface area contributed by atoms with Crippen LogP contribution in [0.3, 0.4) is 0 Å². The lowest BCUT2D eigenvalue weighted by Crippen LogP contribution is -2.20. The van der Waals surface area contributed by atoms with Gasteiger partial charge < -0.3 is 20.3 Å². The molecule has 2 heterocycles. The molecule has 0 fully saturated rings. The minimum absolute atomic E-state index is 0.297. The molecule has 1 aromatic carbocycles. The van der Waals surface area contributed by atoms with Crippen molar-refractivity contribution in [2.75, 3.05) is 18.9 Å². The van der Waals surface area contributed by atoms with Gasteiger partial charge in [0.25, 0.3) is 0 Å². The first-order valence-electron chi connectivity index (χ1n) is 6.54. The summed E-state index contributed by atoms with van der Waals surface area (Å²) in [7, 11) is 0. The smallest absolute Gasteiger partial charge is 0.181 e. The summed E-state index contributed by atoms with van der Waals surface area (Å²) in [6, 6.07) is 1.83. The minimum Gasteiger partial charge on any atom is -0.486 e. The molecule has 1 aromatic heterocycles. The Kier molecular flexibility index (Phi) is 3.02. The minimum atomic E-state index is -0.651. The number of fused-ring (bicyclic) bond motifs is 3. The zero-order valence-corrected chi connectivity index (χ0v) is 12.6. The lowest BCUT2D eigenvalue weighted by atomic mass is 9.84. The molecule has 20 heavy (non-hydrogen) atoms. The Morgan fingerprint density at radius 1 is 1.35 bits per heavy atom. The molecule has 0 aliphatic carbocycles. The molecule has 1 unspecified atom stereocenters. The highest BCUT2D eigenvalue weighted by Crippen LogP contribution is 2.47. The Hall–Kier alpha value is -1.53. The van der Waals surface area contributed by atoms with Gasteiger partial charge in [-0.2, -0.15) is 0 Å². The lowest BCUT2D eigenvalue weighted by Gasteiger charge is -2.28. The summed E-state index contributed by atoms with van der Waals surface area (Å²) in [5, 5.41) is 11.1. The third-order valence-electron chi connectivity index (χ3n) is 3.34. The molecule has 108 valence electrons. The number of rotatable bonds is 1. The third-order valence-corrected chi connectivity index (χ3v) is 4.22. The number of hydrogen-bond acceptors (Lipinski definition) is 6. The first kappa shape index (κ1) is 13.5. The van der Waals surface area contributed by atoms with Crippen molar-refractivity contribution >= 4 is 26.7 Å². The topological polar surface area (TPSA) is 77.6 Å². The molecule has 0 radical (unpaired) electrons. The monoisotopic (exact) mass is 294 g/mol. The van der Waals surface area contributed by atoms with Crippen molar-refractivity contribution < 1.29 is 14.6 Å². The Labute approximate surface area is 121 Å². The first-order valence-corrected chi connectivity index (χ1v) is 7.36. The van der Waals surface area contributed by atoms with Crippen molar-refractivity contribution in [2.24, 2.45) is 5.41 Å². The fraction of sp³-hybridized carbons (Fsp3) is 0.500. The van der Waals surface area contributed by atoms with Crippen LogP contribution in [-0.4, -0.2) is 23.3 Å². The maximum absolute atomic E-state index is 10.6. The van der Waals surface area contributed by atoms with Crippen molar-refractivity contribution in [3.8, 4) is 11.5 Å². The molecule has 2 aromatic rings. The molecule has 1 aliphatic heterocycles. The molecule has 0 amide bonds. The van der Waals surface area contributed by atoms with E-state index < -0.39 is 6.10 Å². The summed E-state index contributed by atoms with van der Waals surface area (Å²) in [5.41, 5.74) is 6.98. The van der Waals surface area contributed by atoms with Gasteiger partial charge in [-0.1, -0.05) is 32.1 Å². The summed E-state index contributed by atoms with van der Waals surface area (Å²) in [5.74, 6) is 1.34. The maximum Gasteiger partial charge on any atom is 0.181 e. The van der Waals surface area contributed by atoms with E-state index in [0.717, 1.165) is 10.3 Å². The maximum atomic E-state index is 10.6. The quantitative estimate of drug-likeness (QED) is 0.845. The van der Waals surface area contributed by atoms with Crippen LogP contribution in [0.2, 0.25) is 0 Å². The predicted octanol–water partition coefficient (Wildman–Crippen LogP) is 2.73. The van der Waals surface area contributed by atoms with E-state index in [9.17, 15) is 5.11 Å². The third kappa shape index (κ3) is 2.09. The predicted molar refractivity (Wildman–Crippen MR) is 79.4 cm³/mol. The highest BCUT2D eigenvalue weighted by molar-refractivity contribution is 7.22. The summed E-state index contributed by atoms with van der Waals surface area (Å²) in [6.45, 7) is 6.97. The van der Waals surface area contributed by atoms with E-state index in [1.54, 1.807) is 0 Å². The number of aliphatic hydroxyl groups excluding tert-OH is 1. The fourth-order valence-corrected chi connectivity index (χ4v) is 3.15. The van der Waals surface area contributed by atoms with Gasteiger partial charge in [0.15, 0.2) is 16.6 Å². The molecular weight excluding hydrogens is 276 g/mol. The Morgan fingerprint density at radius 2 is 2.05 bits per heavy atom. The van der Waals surface area contributed by atoms with Gasteiger partial charge in [-0.15, -0.1) is 0 Å². The number of ether oxygens (including phenoxy) is 2. The zero-order chi connectivity index (χ0) is 14.5. The molecule has 0 spiro atoms. The molecule has 0 saturated heterocycles. The van der Waals surface area contributed by atoms with Gasteiger partial charge in [0.1, 0.15) is 17.9 Å². The number of nitrogens with two attached hydrogens (primary N) is 1. The van der Waals surface area contributed by atoms with E-state index in [1.807, 2.05) is 26.8 Å². The highest BCUT2D eigenvalue weighted by Gasteiger charge is 2.30. The van der Waals surface area contributed by atoms with E-state index in [2.05, 4.69) is 4.98 Å². The molecule has 1 atom stereocenters. The van der Waals surface area contributed by atoms with Gasteiger partial charge in [-0.05, 0) is 11.5 Å². The van der Waals surface area contributed by atoms with Gasteiger partial charge in [0, 0.05) is 5.56 Å². The summed E-state index contributed by atoms with van der Waals surface area (Å²) >= 11 is 1.36. The molecule has 6 heteroatoms. The molecule has 0 saturated carbocycles. The van der Waals surface area contributed by atoms with Crippen molar-refractivity contribution in [3.05, 3.63) is 11.6 Å². The summed E-state index contributed by atoms with van der Waals surface area (Å²) in [4.78, 5) is 4.36. The van der Waals surface area contributed by atoms with Crippen LogP contribution >= 0.6 is 11.3 Å². The van der Waals surface area contributed by atoms with Crippen molar-refractivity contribution in [1.29, 1.82) is 0 Å². The fourth-order valence-electron chi connectivity index (χ4n) is 2.29. The summed E-state index contributed by atoms with van der Waals surface area (Å²) in [6.07, 6.45) is -0.651. The Bertz CT molecular complexity index is 660. The van der Waals surface area contributed by atoms with E-state index in [-0.39, 0.29) is 5.41 Å². The van der Waals surface area contributed by atoms with Crippen molar-refractivity contribution in [1.82, 2.24) is 4.98 Å². The number of benzene rings is 1. The second kappa shape index (κ2) is 4.49. The molecule has 3 N–H and O–H groups in total. The number of nitrogens with zero attached hydrogens (tertiary/aromatic N) is 1. The van der Waals surface area contributed by atoms with E-state index in [1.165, 1.54) is 11.3 Å². The van der Waals surface area contributed by atoms with Crippen LogP contribution in [-0.2, 0) is 0 Å². The second-order valence-corrected chi connectivity index (χ2v) is 7.02. The highest BCUT2D eigenvalue weighted by atomic mass is 32.1. The first-order chi connectivity index (χ1) is 9.38. The largest absolute Gasteiger partial charge is 0.486 e. The average molecular weight is 294 g/mol. The zero-order valence-electron chi connectivity index (χ0n) is 11.8. The van der Waals surface area contributed by atoms with Crippen LogP contribution in [0.5, 0.6) is 11.5 Å². The molecule has 3 rings (SSSR count). The van der Waals surface area contributed by atoms with E-state index in [0.29, 0.717) is 35.4 Å². The number of nitrogen functional groups attached to an aromatic ring is 1. The number of aromatic nitrogens is 1. The van der Waals surface area contributed by atoms with Crippen molar-refractivity contribution in [3.63, 3.8) is 0 Å². The van der Waals surface area contributed by atoms with Crippen LogP contribution in [0.4, 0.5) is 5.13 Å². The van der Waals surface area contributed by atoms with Crippen LogP contribution in [0, 0.1) is 5.41 Å². The lowest BCUT2D eigenvalue weighted by molar-refractivity contribution is 0.0633. The molecular formula is C14H18N2O3S. The van der Waals surface area contributed by atoms with E-state index in [4.69, 9.17) is 15.2 Å². The molecule has 5 nitrogen and oxygen atoms in total. The molecule has 0 bridgehead atoms. The van der Waals surface area contributed by atoms with Crippen LogP contribution in [0.15, 0.2) is 6.07 Å². The summed E-state index contributed by atoms with van der Waals surface area (Å²) < 4.78 is 12.2. The second-order valence-electron chi connectivity index (χ2n) is 5.99. The van der Waals surface area contributed by atoms with Gasteiger partial charge in [0.05, 0.1) is 11.6 Å². The van der Waals surface area contributed by atoms with Gasteiger partial charge in [0.2, 0.25) is 0 Å². The van der Waals surface area contributed by atoms with Crippen LogP contribution < -0.4 is 15.2 Å². The standard InChI is InChI=1S/C14H18N2O3S/c1-14(2,3)12(17)7-6-8-10(19-5-4-18-8)11-9(7)16-13(15)20-11/h6,12,17H,4-5H2,1-3H3,(H2,15,16). The normalized spacial score (nSPS) is 16.4. The van der Waals surface area contributed by atoms with Crippen LogP contribution in [0.1, 0.15) is 32.4 Å². The van der Waals surface area contributed by atoms with Crippen molar-refractivity contribution in [2.45, 2.75) is 26.9 Å². The van der Waals surface area contributed by atoms with Crippen LogP contribution in [0.25, 0.3) is 10.2 Å². The van der Waals surface area contributed by atoms with E-state index >= 15 is 0 Å². The van der Waals surface area contributed by atoms with Gasteiger partial charge in [-0.25, -0.2) is 4.98 Å². The number of aliphatic hydroxyl groups is 1. The van der Waals surface area contributed by atoms with Gasteiger partial charge >= 0.3 is 0 Å². The van der Waals surface area contributed by atoms with Gasteiger partial charge in [-0.3, -0.25) is 0 Å². The Balaban J connectivity index is 2.27. The Morgan fingerprint density at radius 3 is 2.75 bits per heavy atom. The number of hydrogen-bond donors (Lipinski definition) is 2. The SMILES string of the molecule is CC(C)(C)C(O)c1cc2c(c3sc(N)nc13)OCCO2. The molecule has 1 aliphatic rings. The number of anilines is 1. The number of thiazole rings is 1. The average Bonchev–Trinajstić information content (AvgIpc) is 2.77.